The Balaban J connectivity index is 1.57. The Bertz CT molecular complexity index is 1180. The van der Waals surface area contributed by atoms with Gasteiger partial charge in [0, 0.05) is 22.3 Å². The van der Waals surface area contributed by atoms with Crippen molar-refractivity contribution in [1.82, 2.24) is 0 Å². The van der Waals surface area contributed by atoms with Crippen LogP contribution in [0.3, 0.4) is 0 Å². The molecule has 1 atom stereocenters. The van der Waals surface area contributed by atoms with Gasteiger partial charge in [0.25, 0.3) is 0 Å². The number of thioether (sulfide) groups is 1. The number of carbonyl (C=O) groups excluding carboxylic acids is 2. The minimum absolute atomic E-state index is 0.0823. The number of anilines is 2. The molecule has 0 aromatic heterocycles. The van der Waals surface area contributed by atoms with Crippen LogP contribution in [0, 0.1) is 0 Å². The first-order valence-corrected chi connectivity index (χ1v) is 11.6. The van der Waals surface area contributed by atoms with E-state index in [2.05, 4.69) is 5.32 Å². The van der Waals surface area contributed by atoms with Crippen LogP contribution in [0.25, 0.3) is 0 Å². The fourth-order valence-electron chi connectivity index (χ4n) is 3.81. The average molecular weight is 479 g/mol. The molecule has 1 aliphatic heterocycles. The maximum atomic E-state index is 13.4. The largest absolute Gasteiger partial charge is 0.497 e. The summed E-state index contributed by atoms with van der Waals surface area (Å²) in [7, 11) is 4.77. The summed E-state index contributed by atoms with van der Waals surface area (Å²) >= 11 is 1.60. The molecular formula is C26H26N2O5S. The summed E-state index contributed by atoms with van der Waals surface area (Å²) < 4.78 is 15.9. The van der Waals surface area contributed by atoms with Crippen LogP contribution in [0.4, 0.5) is 11.4 Å². The van der Waals surface area contributed by atoms with Gasteiger partial charge in [-0.05, 0) is 54.1 Å². The first-order valence-electron chi connectivity index (χ1n) is 10.7. The van der Waals surface area contributed by atoms with E-state index in [9.17, 15) is 9.59 Å². The molecule has 1 aliphatic rings. The average Bonchev–Trinajstić information content (AvgIpc) is 3.00. The van der Waals surface area contributed by atoms with Crippen LogP contribution in [-0.4, -0.2) is 39.7 Å². The normalized spacial score (nSPS) is 15.2. The van der Waals surface area contributed by atoms with E-state index in [0.29, 0.717) is 22.9 Å². The second-order valence-electron chi connectivity index (χ2n) is 7.65. The molecule has 4 rings (SSSR count). The third-order valence-electron chi connectivity index (χ3n) is 5.54. The molecule has 1 heterocycles. The minimum Gasteiger partial charge on any atom is -0.497 e. The number of carbonyl (C=O) groups is 2. The van der Waals surface area contributed by atoms with Crippen molar-refractivity contribution in [2.45, 2.75) is 16.6 Å². The van der Waals surface area contributed by atoms with Crippen LogP contribution >= 0.6 is 11.8 Å². The highest BCUT2D eigenvalue weighted by Crippen LogP contribution is 2.46. The zero-order chi connectivity index (χ0) is 24.1. The molecule has 1 unspecified atom stereocenters. The van der Waals surface area contributed by atoms with Crippen molar-refractivity contribution in [3.8, 4) is 17.2 Å². The maximum Gasteiger partial charge on any atom is 0.244 e. The summed E-state index contributed by atoms with van der Waals surface area (Å²) in [5.74, 6) is 1.55. The number of amides is 2. The second-order valence-corrected chi connectivity index (χ2v) is 8.89. The number of nitrogens with zero attached hydrogens (tertiary/aromatic N) is 1. The summed E-state index contributed by atoms with van der Waals surface area (Å²) in [5.41, 5.74) is 2.32. The number of hydrogen-bond donors (Lipinski definition) is 1. The van der Waals surface area contributed by atoms with Crippen LogP contribution in [0.1, 0.15) is 17.2 Å². The Hall–Kier alpha value is -3.65. The van der Waals surface area contributed by atoms with Crippen molar-refractivity contribution < 1.29 is 23.8 Å². The number of fused-ring (bicyclic) bond motifs is 1. The van der Waals surface area contributed by atoms with E-state index in [1.165, 1.54) is 0 Å². The lowest BCUT2D eigenvalue weighted by Crippen LogP contribution is -2.38. The van der Waals surface area contributed by atoms with Crippen LogP contribution in [0.15, 0.2) is 71.6 Å². The fraction of sp³-hybridized carbons (Fsp3) is 0.231. The first-order chi connectivity index (χ1) is 16.5. The molecule has 0 saturated carbocycles. The number of hydrogen-bond acceptors (Lipinski definition) is 6. The molecule has 0 spiro atoms. The smallest absolute Gasteiger partial charge is 0.244 e. The summed E-state index contributed by atoms with van der Waals surface area (Å²) in [4.78, 5) is 28.7. The van der Waals surface area contributed by atoms with Crippen molar-refractivity contribution in [1.29, 1.82) is 0 Å². The molecule has 0 aliphatic carbocycles. The van der Waals surface area contributed by atoms with Crippen molar-refractivity contribution >= 4 is 35.0 Å². The summed E-state index contributed by atoms with van der Waals surface area (Å²) in [5, 5.41) is 2.72. The second kappa shape index (κ2) is 10.5. The van der Waals surface area contributed by atoms with E-state index < -0.39 is 0 Å². The molecule has 1 N–H and O–H groups in total. The monoisotopic (exact) mass is 478 g/mol. The summed E-state index contributed by atoms with van der Waals surface area (Å²) in [6, 6.07) is 20.4. The number of methoxy groups -OCH3 is 3. The standard InChI is InChI=1S/C26H26N2O5S/c1-31-19-11-9-18(10-12-19)27-25(29)16-28-20-6-4-5-7-23(20)34-24(15-26(28)30)17-8-13-21(32-2)22(14-17)33-3/h4-14,24H,15-16H2,1-3H3,(H,27,29). The van der Waals surface area contributed by atoms with Gasteiger partial charge >= 0.3 is 0 Å². The van der Waals surface area contributed by atoms with E-state index in [1.807, 2.05) is 42.5 Å². The lowest BCUT2D eigenvalue weighted by molar-refractivity contribution is -0.121. The SMILES string of the molecule is COc1ccc(NC(=O)CN2C(=O)CC(c3ccc(OC)c(OC)c3)Sc3ccccc32)cc1. The van der Waals surface area contributed by atoms with Gasteiger partial charge in [-0.3, -0.25) is 9.59 Å². The molecule has 3 aromatic carbocycles. The van der Waals surface area contributed by atoms with Crippen LogP contribution in [0.5, 0.6) is 17.2 Å². The van der Waals surface area contributed by atoms with Gasteiger partial charge in [-0.25, -0.2) is 0 Å². The lowest BCUT2D eigenvalue weighted by Gasteiger charge is -2.22. The highest BCUT2D eigenvalue weighted by molar-refractivity contribution is 7.99. The Morgan fingerprint density at radius 1 is 0.971 bits per heavy atom. The number of para-hydroxylation sites is 1. The predicted molar refractivity (Wildman–Crippen MR) is 133 cm³/mol. The van der Waals surface area contributed by atoms with Crippen molar-refractivity contribution in [3.05, 3.63) is 72.3 Å². The highest BCUT2D eigenvalue weighted by atomic mass is 32.2. The summed E-state index contributed by atoms with van der Waals surface area (Å²) in [6.45, 7) is -0.0823. The van der Waals surface area contributed by atoms with Crippen molar-refractivity contribution in [3.63, 3.8) is 0 Å². The molecule has 176 valence electrons. The third kappa shape index (κ3) is 5.12. The maximum absolute atomic E-state index is 13.4. The van der Waals surface area contributed by atoms with Crippen LogP contribution in [-0.2, 0) is 9.59 Å². The predicted octanol–water partition coefficient (Wildman–Crippen LogP) is 4.92. The van der Waals surface area contributed by atoms with Gasteiger partial charge in [-0.1, -0.05) is 18.2 Å². The lowest BCUT2D eigenvalue weighted by atomic mass is 10.1. The molecule has 7 nitrogen and oxygen atoms in total. The zero-order valence-electron chi connectivity index (χ0n) is 19.2. The van der Waals surface area contributed by atoms with E-state index in [1.54, 1.807) is 62.3 Å². The number of nitrogens with one attached hydrogen (secondary N) is 1. The number of benzene rings is 3. The quantitative estimate of drug-likeness (QED) is 0.519. The highest BCUT2D eigenvalue weighted by Gasteiger charge is 2.30. The van der Waals surface area contributed by atoms with Crippen molar-refractivity contribution in [2.75, 3.05) is 38.1 Å². The summed E-state index contributed by atoms with van der Waals surface area (Å²) in [6.07, 6.45) is 0.241. The molecule has 34 heavy (non-hydrogen) atoms. The third-order valence-corrected chi connectivity index (χ3v) is 6.86. The fourth-order valence-corrected chi connectivity index (χ4v) is 5.08. The zero-order valence-corrected chi connectivity index (χ0v) is 20.1. The molecule has 0 bridgehead atoms. The van der Waals surface area contributed by atoms with Crippen LogP contribution < -0.4 is 24.4 Å². The Labute approximate surface area is 203 Å². The Morgan fingerprint density at radius 3 is 2.41 bits per heavy atom. The van der Waals surface area contributed by atoms with Gasteiger partial charge in [0.05, 0.1) is 27.0 Å². The Morgan fingerprint density at radius 2 is 1.71 bits per heavy atom. The van der Waals surface area contributed by atoms with Gasteiger partial charge in [0.1, 0.15) is 12.3 Å². The van der Waals surface area contributed by atoms with E-state index in [4.69, 9.17) is 14.2 Å². The minimum atomic E-state index is -0.275. The van der Waals surface area contributed by atoms with Gasteiger partial charge in [0.15, 0.2) is 11.5 Å². The van der Waals surface area contributed by atoms with Gasteiger partial charge in [-0.15, -0.1) is 11.8 Å². The molecule has 3 aromatic rings. The first kappa shape index (κ1) is 23.5. The van der Waals surface area contributed by atoms with Crippen molar-refractivity contribution in [2.24, 2.45) is 0 Å². The number of rotatable bonds is 7. The van der Waals surface area contributed by atoms with E-state index in [0.717, 1.165) is 16.1 Å². The molecule has 0 saturated heterocycles. The van der Waals surface area contributed by atoms with E-state index in [-0.39, 0.29) is 30.0 Å². The number of ether oxygens (including phenoxy) is 3. The molecule has 8 heteroatoms. The van der Waals surface area contributed by atoms with Gasteiger partial charge < -0.3 is 24.4 Å². The molecular weight excluding hydrogens is 452 g/mol. The Kier molecular flexibility index (Phi) is 7.27. The molecule has 0 radical (unpaired) electrons. The molecule has 2 amide bonds. The molecule has 0 fully saturated rings. The van der Waals surface area contributed by atoms with E-state index >= 15 is 0 Å². The van der Waals surface area contributed by atoms with Gasteiger partial charge in [-0.2, -0.15) is 0 Å². The topological polar surface area (TPSA) is 77.1 Å². The van der Waals surface area contributed by atoms with Gasteiger partial charge in [0.2, 0.25) is 11.8 Å². The van der Waals surface area contributed by atoms with Crippen LogP contribution in [0.2, 0.25) is 0 Å².